The molecule has 5 nitrogen and oxygen atoms in total. The van der Waals surface area contributed by atoms with Crippen LogP contribution in [0.4, 0.5) is 0 Å². The number of carbonyl (C=O) groups excluding carboxylic acids is 1. The molecule has 2 heterocycles. The van der Waals surface area contributed by atoms with Crippen molar-refractivity contribution in [3.8, 4) is 5.69 Å². The van der Waals surface area contributed by atoms with Crippen LogP contribution in [0.2, 0.25) is 0 Å². The average Bonchev–Trinajstić information content (AvgIpc) is 3.28. The SMILES string of the molecule is CCc1cccc(C)c1-n1c(C)cc(/C=N/NC(=O)c2cc3cc(Br)ccc3o2)c1C. The minimum absolute atomic E-state index is 0.225. The van der Waals surface area contributed by atoms with Crippen LogP contribution < -0.4 is 5.43 Å². The van der Waals surface area contributed by atoms with E-state index in [1.807, 2.05) is 18.2 Å². The Morgan fingerprint density at radius 3 is 2.74 bits per heavy atom. The molecule has 0 saturated heterocycles. The Morgan fingerprint density at radius 1 is 1.16 bits per heavy atom. The number of rotatable bonds is 5. The summed E-state index contributed by atoms with van der Waals surface area (Å²) in [5, 5.41) is 5.03. The fraction of sp³-hybridized carbons (Fsp3) is 0.200. The van der Waals surface area contributed by atoms with E-state index in [0.29, 0.717) is 5.58 Å². The maximum Gasteiger partial charge on any atom is 0.307 e. The Hall–Kier alpha value is -3.12. The zero-order valence-corrected chi connectivity index (χ0v) is 19.6. The quantitative estimate of drug-likeness (QED) is 0.273. The molecule has 0 atom stereocenters. The van der Waals surface area contributed by atoms with Crippen molar-refractivity contribution in [1.29, 1.82) is 0 Å². The van der Waals surface area contributed by atoms with Gasteiger partial charge in [0.15, 0.2) is 5.76 Å². The molecule has 2 aromatic heterocycles. The van der Waals surface area contributed by atoms with Crippen LogP contribution in [-0.2, 0) is 6.42 Å². The third-order valence-electron chi connectivity index (χ3n) is 5.47. The van der Waals surface area contributed by atoms with Gasteiger partial charge in [0.1, 0.15) is 5.58 Å². The Labute approximate surface area is 189 Å². The first-order valence-electron chi connectivity index (χ1n) is 10.2. The highest BCUT2D eigenvalue weighted by atomic mass is 79.9. The highest BCUT2D eigenvalue weighted by Gasteiger charge is 2.15. The lowest BCUT2D eigenvalue weighted by Crippen LogP contribution is -2.16. The summed E-state index contributed by atoms with van der Waals surface area (Å²) in [4.78, 5) is 12.5. The second-order valence-electron chi connectivity index (χ2n) is 7.59. The monoisotopic (exact) mass is 477 g/mol. The summed E-state index contributed by atoms with van der Waals surface area (Å²) in [6, 6.07) is 15.8. The summed E-state index contributed by atoms with van der Waals surface area (Å²) < 4.78 is 8.81. The number of para-hydroxylation sites is 1. The molecule has 1 N–H and O–H groups in total. The number of aromatic nitrogens is 1. The van der Waals surface area contributed by atoms with Crippen molar-refractivity contribution in [1.82, 2.24) is 9.99 Å². The van der Waals surface area contributed by atoms with Gasteiger partial charge in [-0.3, -0.25) is 4.79 Å². The first kappa shape index (κ1) is 21.1. The number of hydrogen-bond acceptors (Lipinski definition) is 3. The van der Waals surface area contributed by atoms with Gasteiger partial charge < -0.3 is 8.98 Å². The Kier molecular flexibility index (Phi) is 5.83. The zero-order valence-electron chi connectivity index (χ0n) is 18.0. The van der Waals surface area contributed by atoms with E-state index in [9.17, 15) is 4.79 Å². The molecular weight excluding hydrogens is 454 g/mol. The first-order chi connectivity index (χ1) is 14.9. The molecule has 0 radical (unpaired) electrons. The van der Waals surface area contributed by atoms with Crippen molar-refractivity contribution in [3.63, 3.8) is 0 Å². The van der Waals surface area contributed by atoms with Crippen molar-refractivity contribution < 1.29 is 9.21 Å². The number of nitrogens with one attached hydrogen (secondary N) is 1. The van der Waals surface area contributed by atoms with Gasteiger partial charge in [-0.15, -0.1) is 0 Å². The van der Waals surface area contributed by atoms with E-state index in [1.54, 1.807) is 12.3 Å². The van der Waals surface area contributed by atoms with Gasteiger partial charge in [-0.2, -0.15) is 5.10 Å². The first-order valence-corrected chi connectivity index (χ1v) is 11.0. The molecule has 0 saturated carbocycles. The number of carbonyl (C=O) groups is 1. The third kappa shape index (κ3) is 4.08. The molecule has 1 amide bonds. The molecule has 6 heteroatoms. The largest absolute Gasteiger partial charge is 0.451 e. The van der Waals surface area contributed by atoms with Crippen LogP contribution >= 0.6 is 15.9 Å². The van der Waals surface area contributed by atoms with E-state index in [4.69, 9.17) is 4.42 Å². The third-order valence-corrected chi connectivity index (χ3v) is 5.96. The standard InChI is InChI=1S/C25H24BrN3O2/c1-5-18-8-6-7-15(2)24(18)29-16(3)11-20(17(29)4)14-27-28-25(30)23-13-19-12-21(26)9-10-22(19)31-23/h6-14H,5H2,1-4H3,(H,28,30)/b27-14+. The highest BCUT2D eigenvalue weighted by molar-refractivity contribution is 9.10. The van der Waals surface area contributed by atoms with Crippen LogP contribution in [0.3, 0.4) is 0 Å². The van der Waals surface area contributed by atoms with Gasteiger partial charge in [-0.25, -0.2) is 5.43 Å². The number of aryl methyl sites for hydroxylation is 3. The maximum absolute atomic E-state index is 12.5. The Balaban J connectivity index is 1.57. The minimum Gasteiger partial charge on any atom is -0.451 e. The van der Waals surface area contributed by atoms with E-state index in [-0.39, 0.29) is 11.7 Å². The minimum atomic E-state index is -0.385. The number of nitrogens with zero attached hydrogens (tertiary/aromatic N) is 2. The maximum atomic E-state index is 12.5. The van der Waals surface area contributed by atoms with Crippen LogP contribution in [0, 0.1) is 20.8 Å². The molecule has 0 aliphatic heterocycles. The van der Waals surface area contributed by atoms with Gasteiger partial charge in [0.2, 0.25) is 0 Å². The summed E-state index contributed by atoms with van der Waals surface area (Å²) in [6.45, 7) is 8.45. The zero-order chi connectivity index (χ0) is 22.1. The summed E-state index contributed by atoms with van der Waals surface area (Å²) in [5.41, 5.74) is 10.1. The van der Waals surface area contributed by atoms with Gasteiger partial charge in [0.05, 0.1) is 11.9 Å². The lowest BCUT2D eigenvalue weighted by atomic mass is 10.1. The number of amides is 1. The number of benzene rings is 2. The lowest BCUT2D eigenvalue weighted by Gasteiger charge is -2.17. The predicted octanol–water partition coefficient (Wildman–Crippen LogP) is 6.24. The number of halogens is 1. The van der Waals surface area contributed by atoms with Crippen LogP contribution in [0.1, 0.15) is 45.6 Å². The molecule has 0 aliphatic carbocycles. The van der Waals surface area contributed by atoms with Crippen LogP contribution in [-0.4, -0.2) is 16.7 Å². The number of fused-ring (bicyclic) bond motifs is 1. The molecule has 0 aliphatic rings. The highest BCUT2D eigenvalue weighted by Crippen LogP contribution is 2.26. The van der Waals surface area contributed by atoms with E-state index in [2.05, 4.69) is 83.0 Å². The fourth-order valence-electron chi connectivity index (χ4n) is 3.93. The second-order valence-corrected chi connectivity index (χ2v) is 8.51. The van der Waals surface area contributed by atoms with E-state index in [0.717, 1.165) is 33.2 Å². The van der Waals surface area contributed by atoms with Crippen LogP contribution in [0.15, 0.2) is 62.5 Å². The summed E-state index contributed by atoms with van der Waals surface area (Å²) in [5.74, 6) is -0.159. The van der Waals surface area contributed by atoms with Gasteiger partial charge in [-0.1, -0.05) is 41.1 Å². The molecule has 31 heavy (non-hydrogen) atoms. The molecule has 0 spiro atoms. The van der Waals surface area contributed by atoms with E-state index < -0.39 is 0 Å². The molecular formula is C25H24BrN3O2. The predicted molar refractivity (Wildman–Crippen MR) is 128 cm³/mol. The summed E-state index contributed by atoms with van der Waals surface area (Å²) in [6.07, 6.45) is 2.64. The lowest BCUT2D eigenvalue weighted by molar-refractivity contribution is 0.0929. The topological polar surface area (TPSA) is 59.5 Å². The van der Waals surface area contributed by atoms with Crippen molar-refractivity contribution in [2.24, 2.45) is 5.10 Å². The smallest absolute Gasteiger partial charge is 0.307 e. The number of hydrogen-bond donors (Lipinski definition) is 1. The normalized spacial score (nSPS) is 11.5. The van der Waals surface area contributed by atoms with Crippen molar-refractivity contribution in [3.05, 3.63) is 86.8 Å². The van der Waals surface area contributed by atoms with Crippen LogP contribution in [0.5, 0.6) is 0 Å². The molecule has 0 bridgehead atoms. The Bertz CT molecular complexity index is 1310. The molecule has 4 rings (SSSR count). The second kappa shape index (κ2) is 8.55. The average molecular weight is 478 g/mol. The summed E-state index contributed by atoms with van der Waals surface area (Å²) in [7, 11) is 0. The Morgan fingerprint density at radius 2 is 1.97 bits per heavy atom. The molecule has 0 fully saturated rings. The van der Waals surface area contributed by atoms with E-state index >= 15 is 0 Å². The number of furan rings is 1. The van der Waals surface area contributed by atoms with Crippen molar-refractivity contribution >= 4 is 39.0 Å². The van der Waals surface area contributed by atoms with Gasteiger partial charge in [0, 0.05) is 26.8 Å². The summed E-state index contributed by atoms with van der Waals surface area (Å²) >= 11 is 3.42. The molecule has 4 aromatic rings. The van der Waals surface area contributed by atoms with Crippen molar-refractivity contribution in [2.75, 3.05) is 0 Å². The molecule has 0 unspecified atom stereocenters. The number of hydrazone groups is 1. The fourth-order valence-corrected chi connectivity index (χ4v) is 4.31. The molecule has 2 aromatic carbocycles. The molecule has 158 valence electrons. The van der Waals surface area contributed by atoms with Crippen molar-refractivity contribution in [2.45, 2.75) is 34.1 Å². The van der Waals surface area contributed by atoms with Crippen LogP contribution in [0.25, 0.3) is 16.7 Å². The van der Waals surface area contributed by atoms with E-state index in [1.165, 1.54) is 16.8 Å². The van der Waals surface area contributed by atoms with Gasteiger partial charge in [0.25, 0.3) is 0 Å². The van der Waals surface area contributed by atoms with Gasteiger partial charge in [-0.05, 0) is 68.7 Å². The van der Waals surface area contributed by atoms with Gasteiger partial charge >= 0.3 is 5.91 Å².